The molecule has 1 saturated heterocycles. The van der Waals surface area contributed by atoms with Crippen LogP contribution in [0.4, 0.5) is 5.82 Å². The first-order chi connectivity index (χ1) is 18.0. The molecule has 2 aliphatic heterocycles. The Balaban J connectivity index is 1.10. The first-order valence-corrected chi connectivity index (χ1v) is 12.5. The standard InChI is InChI=1S/C29H27N5O3/c30-27-23-6-2-1-4-20(23)16-29(27)9-11-34(12-10-29)28-25(18-35)32-21(17-31-28)5-3-13-37-22-8-7-19-14-26(36)33-24(19)15-22/h1-2,4,6-8,14-15,17,27,35H,9-13,16,18,30H2/t27-/m1/s1. The quantitative estimate of drug-likeness (QED) is 0.525. The van der Waals surface area contributed by atoms with Gasteiger partial charge in [0.25, 0.3) is 5.91 Å². The van der Waals surface area contributed by atoms with Gasteiger partial charge in [0.15, 0.2) is 5.82 Å². The Bertz CT molecular complexity index is 1560. The summed E-state index contributed by atoms with van der Waals surface area (Å²) in [5, 5.41) is 11.4. The number of aliphatic hydroxyl groups is 1. The molecule has 1 fully saturated rings. The number of aliphatic hydroxyl groups excluding tert-OH is 1. The molecule has 0 unspecified atom stereocenters. The lowest BCUT2D eigenvalue weighted by Crippen LogP contribution is -2.45. The number of ether oxygens (including phenoxy) is 1. The van der Waals surface area contributed by atoms with Crippen molar-refractivity contribution in [1.82, 2.24) is 9.97 Å². The molecule has 0 radical (unpaired) electrons. The van der Waals surface area contributed by atoms with Crippen molar-refractivity contribution in [2.75, 3.05) is 24.6 Å². The van der Waals surface area contributed by atoms with E-state index in [-0.39, 0.29) is 30.6 Å². The second-order valence-electron chi connectivity index (χ2n) is 9.79. The molecule has 6 rings (SSSR count). The molecule has 3 heterocycles. The lowest BCUT2D eigenvalue weighted by atomic mass is 9.73. The Labute approximate surface area is 214 Å². The van der Waals surface area contributed by atoms with E-state index in [0.29, 0.717) is 28.3 Å². The zero-order valence-corrected chi connectivity index (χ0v) is 20.4. The van der Waals surface area contributed by atoms with E-state index < -0.39 is 0 Å². The van der Waals surface area contributed by atoms with Gasteiger partial charge in [0.2, 0.25) is 0 Å². The van der Waals surface area contributed by atoms with Crippen molar-refractivity contribution in [3.63, 3.8) is 0 Å². The van der Waals surface area contributed by atoms with Gasteiger partial charge >= 0.3 is 0 Å². The Morgan fingerprint density at radius 2 is 2.03 bits per heavy atom. The van der Waals surface area contributed by atoms with Crippen LogP contribution >= 0.6 is 0 Å². The first kappa shape index (κ1) is 23.3. The zero-order valence-electron chi connectivity index (χ0n) is 20.4. The van der Waals surface area contributed by atoms with Crippen LogP contribution in [-0.2, 0) is 17.8 Å². The largest absolute Gasteiger partial charge is 0.481 e. The highest BCUT2D eigenvalue weighted by molar-refractivity contribution is 6.06. The summed E-state index contributed by atoms with van der Waals surface area (Å²) in [7, 11) is 0. The molecular weight excluding hydrogens is 466 g/mol. The first-order valence-electron chi connectivity index (χ1n) is 12.5. The van der Waals surface area contributed by atoms with Gasteiger partial charge in [-0.15, -0.1) is 0 Å². The third-order valence-corrected chi connectivity index (χ3v) is 7.66. The number of anilines is 1. The van der Waals surface area contributed by atoms with Gasteiger partial charge in [-0.1, -0.05) is 30.2 Å². The van der Waals surface area contributed by atoms with Crippen LogP contribution in [0, 0.1) is 17.3 Å². The number of piperidine rings is 1. The minimum Gasteiger partial charge on any atom is -0.481 e. The van der Waals surface area contributed by atoms with Crippen molar-refractivity contribution >= 4 is 17.8 Å². The minimum atomic E-state index is -0.259. The van der Waals surface area contributed by atoms with Crippen LogP contribution in [0.1, 0.15) is 41.4 Å². The van der Waals surface area contributed by atoms with Crippen LogP contribution < -0.4 is 25.9 Å². The number of aromatic nitrogens is 2. The van der Waals surface area contributed by atoms with Crippen LogP contribution in [0.2, 0.25) is 0 Å². The molecule has 0 bridgehead atoms. The van der Waals surface area contributed by atoms with E-state index in [1.807, 2.05) is 0 Å². The topological polar surface area (TPSA) is 114 Å². The smallest absolute Gasteiger partial charge is 0.270 e. The van der Waals surface area contributed by atoms with Crippen LogP contribution in [-0.4, -0.2) is 40.7 Å². The number of benzene rings is 2. The van der Waals surface area contributed by atoms with Crippen LogP contribution in [0.3, 0.4) is 0 Å². The van der Waals surface area contributed by atoms with Gasteiger partial charge in [0.05, 0.1) is 18.2 Å². The number of hydrogen-bond donors (Lipinski definition) is 2. The van der Waals surface area contributed by atoms with Gasteiger partial charge in [0.1, 0.15) is 23.7 Å². The van der Waals surface area contributed by atoms with Gasteiger partial charge < -0.3 is 20.5 Å². The fourth-order valence-corrected chi connectivity index (χ4v) is 5.68. The summed E-state index contributed by atoms with van der Waals surface area (Å²) in [6.45, 7) is 1.57. The molecule has 2 aromatic carbocycles. The van der Waals surface area contributed by atoms with Crippen molar-refractivity contribution in [3.8, 4) is 17.6 Å². The fourth-order valence-electron chi connectivity index (χ4n) is 5.68. The number of rotatable bonds is 4. The summed E-state index contributed by atoms with van der Waals surface area (Å²) in [6.07, 6.45) is 6.08. The number of nitrogens with two attached hydrogens (primary N) is 1. The summed E-state index contributed by atoms with van der Waals surface area (Å²) in [5.41, 5.74) is 10.4. The predicted octanol–water partition coefficient (Wildman–Crippen LogP) is 1.18. The number of amides is 1. The highest BCUT2D eigenvalue weighted by atomic mass is 16.5. The molecule has 8 nitrogen and oxygen atoms in total. The molecule has 37 heavy (non-hydrogen) atoms. The van der Waals surface area contributed by atoms with E-state index in [0.717, 1.165) is 37.6 Å². The van der Waals surface area contributed by atoms with Gasteiger partial charge in [-0.2, -0.15) is 0 Å². The van der Waals surface area contributed by atoms with Crippen molar-refractivity contribution in [3.05, 3.63) is 81.8 Å². The average Bonchev–Trinajstić information content (AvgIpc) is 3.43. The Morgan fingerprint density at radius 3 is 2.84 bits per heavy atom. The predicted molar refractivity (Wildman–Crippen MR) is 138 cm³/mol. The molecule has 1 aliphatic carbocycles. The summed E-state index contributed by atoms with van der Waals surface area (Å²) in [6, 6.07) is 13.9. The third-order valence-electron chi connectivity index (χ3n) is 7.66. The minimum absolute atomic E-state index is 0.0566. The molecule has 0 saturated carbocycles. The Kier molecular flexibility index (Phi) is 5.95. The summed E-state index contributed by atoms with van der Waals surface area (Å²) in [4.78, 5) is 26.7. The number of carbonyl (C=O) groups excluding carboxylic acids is 1. The molecule has 1 amide bonds. The van der Waals surface area contributed by atoms with E-state index in [1.165, 1.54) is 17.2 Å². The fraction of sp³-hybridized carbons (Fsp3) is 0.310. The molecule has 1 atom stereocenters. The van der Waals surface area contributed by atoms with Gasteiger partial charge in [0, 0.05) is 36.5 Å². The molecule has 3 aliphatic rings. The van der Waals surface area contributed by atoms with E-state index in [2.05, 4.69) is 56.0 Å². The highest BCUT2D eigenvalue weighted by Gasteiger charge is 2.46. The van der Waals surface area contributed by atoms with Crippen LogP contribution in [0.5, 0.6) is 5.75 Å². The van der Waals surface area contributed by atoms with Crippen molar-refractivity contribution in [2.24, 2.45) is 16.1 Å². The zero-order chi connectivity index (χ0) is 25.4. The van der Waals surface area contributed by atoms with Crippen LogP contribution in [0.15, 0.2) is 53.7 Å². The second kappa shape index (κ2) is 9.43. The monoisotopic (exact) mass is 493 g/mol. The number of fused-ring (bicyclic) bond motifs is 2. The molecule has 8 heteroatoms. The Hall–Kier alpha value is -4.06. The van der Waals surface area contributed by atoms with Crippen LogP contribution in [0.25, 0.3) is 6.08 Å². The highest BCUT2D eigenvalue weighted by Crippen LogP contribution is 2.50. The number of carbonyl (C=O) groups is 1. The molecule has 1 spiro atoms. The summed E-state index contributed by atoms with van der Waals surface area (Å²) in [5.74, 6) is 6.92. The number of nitrogens with zero attached hydrogens (tertiary/aromatic N) is 4. The number of hydrogen-bond acceptors (Lipinski definition) is 7. The maximum atomic E-state index is 11.4. The maximum absolute atomic E-state index is 11.4. The molecule has 3 N–H and O–H groups in total. The van der Waals surface area contributed by atoms with Gasteiger partial charge in [-0.3, -0.25) is 4.79 Å². The molecule has 3 aromatic rings. The lowest BCUT2D eigenvalue weighted by Gasteiger charge is -2.42. The Morgan fingerprint density at radius 1 is 1.19 bits per heavy atom. The molecule has 186 valence electrons. The van der Waals surface area contributed by atoms with E-state index >= 15 is 0 Å². The molecule has 1 aromatic heterocycles. The third kappa shape index (κ3) is 4.37. The summed E-state index contributed by atoms with van der Waals surface area (Å²) < 4.78 is 5.67. The average molecular weight is 494 g/mol. The van der Waals surface area contributed by atoms with Gasteiger partial charge in [-0.25, -0.2) is 15.0 Å². The second-order valence-corrected chi connectivity index (χ2v) is 9.79. The van der Waals surface area contributed by atoms with Crippen molar-refractivity contribution < 1.29 is 14.6 Å². The SMILES string of the molecule is N[C@@H]1c2ccccc2CC12CCN(c1ncc(C#CCOc3ccc4c(c3)=NC(=O)C=4)nc1CO)CC2. The van der Waals surface area contributed by atoms with Crippen molar-refractivity contribution in [1.29, 1.82) is 0 Å². The van der Waals surface area contributed by atoms with Crippen molar-refractivity contribution in [2.45, 2.75) is 31.9 Å². The maximum Gasteiger partial charge on any atom is 0.270 e. The van der Waals surface area contributed by atoms with E-state index in [1.54, 1.807) is 24.4 Å². The summed E-state index contributed by atoms with van der Waals surface area (Å²) >= 11 is 0. The lowest BCUT2D eigenvalue weighted by molar-refractivity contribution is -0.112. The van der Waals surface area contributed by atoms with E-state index in [4.69, 9.17) is 10.5 Å². The normalized spacial score (nSPS) is 18.9. The van der Waals surface area contributed by atoms with E-state index in [9.17, 15) is 9.90 Å². The van der Waals surface area contributed by atoms with Gasteiger partial charge in [-0.05, 0) is 53.9 Å². The molecular formula is C29H27N5O3.